The Hall–Kier alpha value is -3.15. The van der Waals surface area contributed by atoms with Crippen LogP contribution in [0.3, 0.4) is 0 Å². The fraction of sp³-hybridized carbons (Fsp3) is 0.429. The molecule has 0 radical (unpaired) electrons. The van der Waals surface area contributed by atoms with E-state index < -0.39 is 0 Å². The lowest BCUT2D eigenvalue weighted by molar-refractivity contribution is -0.123. The second kappa shape index (κ2) is 11.8. The SMILES string of the molecule is Cc1cc(-c2ccc(NC(C)C)cc2F)c(C)cc1C=C(CC(=O)NC(C)C)C(=O)NC(C)C. The Bertz CT molecular complexity index is 1070. The van der Waals surface area contributed by atoms with E-state index in [1.165, 1.54) is 6.07 Å². The van der Waals surface area contributed by atoms with E-state index in [1.807, 2.05) is 73.6 Å². The second-order valence-corrected chi connectivity index (χ2v) is 9.71. The molecule has 0 fully saturated rings. The standard InChI is InChI=1S/C28H38FN3O2/c1-16(2)30-23-9-10-24(26(29)15-23)25-12-19(7)21(11-20(25)8)13-22(28(34)32-18(5)6)14-27(33)31-17(3)4/h9-13,15-18,30H,14H2,1-8H3,(H,31,33)(H,32,34). The van der Waals surface area contributed by atoms with E-state index in [4.69, 9.17) is 0 Å². The highest BCUT2D eigenvalue weighted by Gasteiger charge is 2.17. The number of amides is 2. The molecule has 2 aromatic rings. The van der Waals surface area contributed by atoms with E-state index >= 15 is 0 Å². The van der Waals surface area contributed by atoms with Gasteiger partial charge in [0, 0.05) is 34.9 Å². The van der Waals surface area contributed by atoms with Crippen LogP contribution in [0.2, 0.25) is 0 Å². The zero-order chi connectivity index (χ0) is 25.6. The number of rotatable bonds is 9. The third-order valence-corrected chi connectivity index (χ3v) is 5.17. The van der Waals surface area contributed by atoms with Crippen molar-refractivity contribution in [3.63, 3.8) is 0 Å². The summed E-state index contributed by atoms with van der Waals surface area (Å²) in [6, 6.07) is 9.20. The van der Waals surface area contributed by atoms with Gasteiger partial charge in [0.15, 0.2) is 0 Å². The van der Waals surface area contributed by atoms with Crippen LogP contribution in [0, 0.1) is 19.7 Å². The molecule has 3 N–H and O–H groups in total. The predicted octanol–water partition coefficient (Wildman–Crippen LogP) is 5.75. The Balaban J connectivity index is 2.45. The van der Waals surface area contributed by atoms with E-state index in [2.05, 4.69) is 16.0 Å². The highest BCUT2D eigenvalue weighted by Crippen LogP contribution is 2.31. The molecule has 2 amide bonds. The van der Waals surface area contributed by atoms with Crippen LogP contribution in [0.1, 0.15) is 64.7 Å². The smallest absolute Gasteiger partial charge is 0.247 e. The molecule has 0 aromatic heterocycles. The lowest BCUT2D eigenvalue weighted by Gasteiger charge is -2.16. The zero-order valence-corrected chi connectivity index (χ0v) is 21.6. The van der Waals surface area contributed by atoms with Crippen LogP contribution < -0.4 is 16.0 Å². The summed E-state index contributed by atoms with van der Waals surface area (Å²) in [5, 5.41) is 8.93. The van der Waals surface area contributed by atoms with Gasteiger partial charge in [-0.2, -0.15) is 0 Å². The summed E-state index contributed by atoms with van der Waals surface area (Å²) >= 11 is 0. The summed E-state index contributed by atoms with van der Waals surface area (Å²) in [6.07, 6.45) is 1.74. The lowest BCUT2D eigenvalue weighted by atomic mass is 9.93. The van der Waals surface area contributed by atoms with Crippen LogP contribution in [-0.2, 0) is 9.59 Å². The first-order valence-electron chi connectivity index (χ1n) is 11.9. The van der Waals surface area contributed by atoms with Crippen molar-refractivity contribution in [1.29, 1.82) is 0 Å². The number of carbonyl (C=O) groups excluding carboxylic acids is 2. The first-order valence-corrected chi connectivity index (χ1v) is 11.9. The third kappa shape index (κ3) is 7.72. The van der Waals surface area contributed by atoms with E-state index in [1.54, 1.807) is 12.1 Å². The molecule has 184 valence electrons. The number of carbonyl (C=O) groups is 2. The van der Waals surface area contributed by atoms with E-state index in [0.717, 1.165) is 27.9 Å². The van der Waals surface area contributed by atoms with E-state index in [-0.39, 0.29) is 42.2 Å². The molecule has 5 nitrogen and oxygen atoms in total. The van der Waals surface area contributed by atoms with Gasteiger partial charge in [-0.1, -0.05) is 12.1 Å². The van der Waals surface area contributed by atoms with Crippen molar-refractivity contribution >= 4 is 23.6 Å². The quantitative estimate of drug-likeness (QED) is 0.411. The normalized spacial score (nSPS) is 11.8. The van der Waals surface area contributed by atoms with Gasteiger partial charge in [-0.3, -0.25) is 9.59 Å². The first kappa shape index (κ1) is 27.1. The van der Waals surface area contributed by atoms with Crippen LogP contribution in [0.4, 0.5) is 10.1 Å². The van der Waals surface area contributed by atoms with Gasteiger partial charge in [0.1, 0.15) is 5.82 Å². The summed E-state index contributed by atoms with van der Waals surface area (Å²) in [6.45, 7) is 15.4. The van der Waals surface area contributed by atoms with Crippen LogP contribution in [0.5, 0.6) is 0 Å². The van der Waals surface area contributed by atoms with Crippen LogP contribution in [0.15, 0.2) is 35.9 Å². The van der Waals surface area contributed by atoms with Crippen LogP contribution >= 0.6 is 0 Å². The molecule has 0 aliphatic carbocycles. The molecular weight excluding hydrogens is 429 g/mol. The highest BCUT2D eigenvalue weighted by atomic mass is 19.1. The summed E-state index contributed by atoms with van der Waals surface area (Å²) in [7, 11) is 0. The molecule has 0 unspecified atom stereocenters. The summed E-state index contributed by atoms with van der Waals surface area (Å²) in [5.41, 5.74) is 5.06. The fourth-order valence-corrected chi connectivity index (χ4v) is 3.73. The molecule has 0 heterocycles. The summed E-state index contributed by atoms with van der Waals surface area (Å²) in [5.74, 6) is -0.767. The van der Waals surface area contributed by atoms with Crippen molar-refractivity contribution in [2.75, 3.05) is 5.32 Å². The Labute approximate surface area is 203 Å². The second-order valence-electron chi connectivity index (χ2n) is 9.71. The maximum absolute atomic E-state index is 14.9. The Morgan fingerprint density at radius 2 is 1.50 bits per heavy atom. The Morgan fingerprint density at radius 1 is 0.853 bits per heavy atom. The van der Waals surface area contributed by atoms with E-state index in [0.29, 0.717) is 11.1 Å². The molecule has 0 saturated heterocycles. The predicted molar refractivity (Wildman–Crippen MR) is 139 cm³/mol. The number of anilines is 1. The number of hydrogen-bond donors (Lipinski definition) is 3. The molecular formula is C28H38FN3O2. The van der Waals surface area contributed by atoms with Gasteiger partial charge in [-0.25, -0.2) is 4.39 Å². The zero-order valence-electron chi connectivity index (χ0n) is 21.6. The van der Waals surface area contributed by atoms with Gasteiger partial charge < -0.3 is 16.0 Å². The minimum atomic E-state index is -0.293. The van der Waals surface area contributed by atoms with Crippen LogP contribution in [0.25, 0.3) is 17.2 Å². The number of benzene rings is 2. The summed E-state index contributed by atoms with van der Waals surface area (Å²) in [4.78, 5) is 25.2. The maximum Gasteiger partial charge on any atom is 0.247 e. The Kier molecular flexibility index (Phi) is 9.42. The number of aryl methyl sites for hydroxylation is 2. The molecule has 0 saturated carbocycles. The number of hydrogen-bond acceptors (Lipinski definition) is 3. The summed E-state index contributed by atoms with van der Waals surface area (Å²) < 4.78 is 14.9. The molecule has 2 aromatic carbocycles. The number of halogens is 1. The van der Waals surface area contributed by atoms with Crippen molar-refractivity contribution < 1.29 is 14.0 Å². The average molecular weight is 468 g/mol. The number of nitrogens with one attached hydrogen (secondary N) is 3. The third-order valence-electron chi connectivity index (χ3n) is 5.17. The molecule has 0 aliphatic heterocycles. The largest absolute Gasteiger partial charge is 0.383 e. The molecule has 34 heavy (non-hydrogen) atoms. The van der Waals surface area contributed by atoms with Gasteiger partial charge in [0.05, 0.1) is 6.42 Å². The Morgan fingerprint density at radius 3 is 2.06 bits per heavy atom. The van der Waals surface area contributed by atoms with E-state index in [9.17, 15) is 14.0 Å². The molecule has 0 atom stereocenters. The van der Waals surface area contributed by atoms with Crippen molar-refractivity contribution in [1.82, 2.24) is 10.6 Å². The molecule has 0 bridgehead atoms. The van der Waals surface area contributed by atoms with Gasteiger partial charge in [0.25, 0.3) is 0 Å². The van der Waals surface area contributed by atoms with Crippen LogP contribution in [-0.4, -0.2) is 29.9 Å². The van der Waals surface area contributed by atoms with Gasteiger partial charge in [0.2, 0.25) is 11.8 Å². The molecule has 0 aliphatic rings. The maximum atomic E-state index is 14.9. The minimum absolute atomic E-state index is 0.0119. The lowest BCUT2D eigenvalue weighted by Crippen LogP contribution is -2.35. The minimum Gasteiger partial charge on any atom is -0.383 e. The average Bonchev–Trinajstić information content (AvgIpc) is 2.68. The van der Waals surface area contributed by atoms with Crippen molar-refractivity contribution in [2.24, 2.45) is 0 Å². The molecule has 2 rings (SSSR count). The first-order chi connectivity index (χ1) is 15.9. The molecule has 6 heteroatoms. The van der Waals surface area contributed by atoms with Crippen molar-refractivity contribution in [3.8, 4) is 11.1 Å². The van der Waals surface area contributed by atoms with Gasteiger partial charge in [-0.05, 0) is 102 Å². The highest BCUT2D eigenvalue weighted by molar-refractivity contribution is 6.02. The van der Waals surface area contributed by atoms with Gasteiger partial charge in [-0.15, -0.1) is 0 Å². The monoisotopic (exact) mass is 467 g/mol. The fourth-order valence-electron chi connectivity index (χ4n) is 3.73. The van der Waals surface area contributed by atoms with Crippen molar-refractivity contribution in [2.45, 2.75) is 79.9 Å². The van der Waals surface area contributed by atoms with Crippen molar-refractivity contribution in [3.05, 3.63) is 58.4 Å². The topological polar surface area (TPSA) is 70.2 Å². The molecule has 0 spiro atoms. The van der Waals surface area contributed by atoms with Gasteiger partial charge >= 0.3 is 0 Å².